The van der Waals surface area contributed by atoms with E-state index in [4.69, 9.17) is 4.74 Å². The smallest absolute Gasteiger partial charge is 0.300 e. The number of aromatic hydroxyl groups is 1. The van der Waals surface area contributed by atoms with Crippen molar-refractivity contribution in [3.63, 3.8) is 0 Å². The first-order valence-electron chi connectivity index (χ1n) is 10.5. The lowest BCUT2D eigenvalue weighted by molar-refractivity contribution is -0.132. The van der Waals surface area contributed by atoms with E-state index in [1.54, 1.807) is 30.3 Å². The van der Waals surface area contributed by atoms with Crippen LogP contribution in [0.25, 0.3) is 5.76 Å². The van der Waals surface area contributed by atoms with Crippen molar-refractivity contribution in [2.45, 2.75) is 26.8 Å². The molecule has 6 nitrogen and oxygen atoms in total. The largest absolute Gasteiger partial charge is 0.508 e. The van der Waals surface area contributed by atoms with Gasteiger partial charge in [0.1, 0.15) is 17.3 Å². The molecular formula is C27H25NO5. The second kappa shape index (κ2) is 8.47. The van der Waals surface area contributed by atoms with Gasteiger partial charge in [0.05, 0.1) is 24.3 Å². The minimum Gasteiger partial charge on any atom is -0.508 e. The summed E-state index contributed by atoms with van der Waals surface area (Å²) >= 11 is 0. The molecule has 0 aliphatic carbocycles. The number of benzene rings is 3. The number of hydrogen-bond acceptors (Lipinski definition) is 5. The van der Waals surface area contributed by atoms with Gasteiger partial charge in [-0.15, -0.1) is 0 Å². The second-order valence-corrected chi connectivity index (χ2v) is 8.26. The molecule has 168 valence electrons. The van der Waals surface area contributed by atoms with Crippen molar-refractivity contribution in [3.05, 3.63) is 94.1 Å². The minimum atomic E-state index is -0.926. The highest BCUT2D eigenvalue weighted by atomic mass is 16.5. The monoisotopic (exact) mass is 443 g/mol. The van der Waals surface area contributed by atoms with E-state index in [1.165, 1.54) is 24.1 Å². The van der Waals surface area contributed by atoms with E-state index < -0.39 is 17.7 Å². The van der Waals surface area contributed by atoms with E-state index in [-0.39, 0.29) is 17.1 Å². The molecular weight excluding hydrogens is 418 g/mol. The number of methoxy groups -OCH3 is 1. The number of carbonyl (C=O) groups is 2. The lowest BCUT2D eigenvalue weighted by Crippen LogP contribution is -2.29. The highest BCUT2D eigenvalue weighted by Crippen LogP contribution is 2.44. The van der Waals surface area contributed by atoms with Gasteiger partial charge in [-0.05, 0) is 67.8 Å². The van der Waals surface area contributed by atoms with E-state index >= 15 is 0 Å². The van der Waals surface area contributed by atoms with Crippen LogP contribution >= 0.6 is 0 Å². The van der Waals surface area contributed by atoms with Gasteiger partial charge < -0.3 is 14.9 Å². The fourth-order valence-electron chi connectivity index (χ4n) is 4.36. The van der Waals surface area contributed by atoms with Gasteiger partial charge in [0.2, 0.25) is 0 Å². The van der Waals surface area contributed by atoms with Gasteiger partial charge in [-0.2, -0.15) is 0 Å². The Hall–Kier alpha value is -4.06. The zero-order chi connectivity index (χ0) is 23.9. The molecule has 1 aliphatic heterocycles. The van der Waals surface area contributed by atoms with Gasteiger partial charge in [0.15, 0.2) is 0 Å². The maximum atomic E-state index is 13.3. The molecule has 0 radical (unpaired) electrons. The van der Waals surface area contributed by atoms with Gasteiger partial charge in [-0.3, -0.25) is 14.5 Å². The maximum Gasteiger partial charge on any atom is 0.300 e. The zero-order valence-electron chi connectivity index (χ0n) is 18.9. The molecule has 0 aromatic heterocycles. The Labute approximate surface area is 192 Å². The van der Waals surface area contributed by atoms with Crippen LogP contribution in [0.3, 0.4) is 0 Å². The number of anilines is 1. The molecule has 6 heteroatoms. The van der Waals surface area contributed by atoms with Gasteiger partial charge in [0.25, 0.3) is 11.7 Å². The number of phenolic OH excluding ortho intramolecular Hbond substituents is 1. The third-order valence-corrected chi connectivity index (χ3v) is 5.82. The number of Topliss-reactive ketones (excluding diaryl/α,β-unsaturated/α-hetero) is 1. The van der Waals surface area contributed by atoms with E-state index in [2.05, 4.69) is 0 Å². The van der Waals surface area contributed by atoms with Crippen LogP contribution in [0.15, 0.2) is 66.2 Å². The summed E-state index contributed by atoms with van der Waals surface area (Å²) in [5.41, 5.74) is 3.96. The Morgan fingerprint density at radius 3 is 2.27 bits per heavy atom. The number of aliphatic hydroxyl groups excluding tert-OH is 1. The first-order valence-corrected chi connectivity index (χ1v) is 10.5. The molecule has 2 N–H and O–H groups in total. The predicted octanol–water partition coefficient (Wildman–Crippen LogP) is 4.95. The third-order valence-electron chi connectivity index (χ3n) is 5.82. The average Bonchev–Trinajstić information content (AvgIpc) is 3.04. The number of aryl methyl sites for hydroxylation is 3. The van der Waals surface area contributed by atoms with Gasteiger partial charge in [-0.25, -0.2) is 0 Å². The molecule has 1 heterocycles. The predicted molar refractivity (Wildman–Crippen MR) is 127 cm³/mol. The van der Waals surface area contributed by atoms with E-state index in [9.17, 15) is 19.8 Å². The van der Waals surface area contributed by atoms with Crippen LogP contribution in [0.5, 0.6) is 11.5 Å². The highest BCUT2D eigenvalue weighted by molar-refractivity contribution is 6.51. The van der Waals surface area contributed by atoms with E-state index in [1.807, 2.05) is 39.0 Å². The molecule has 1 amide bonds. The summed E-state index contributed by atoms with van der Waals surface area (Å²) in [7, 11) is 1.49. The summed E-state index contributed by atoms with van der Waals surface area (Å²) in [5.74, 6) is -1.46. The SMILES string of the molecule is COc1c(C)cc(C)cc1/C(O)=C1\C(=O)C(=O)N(c2ccc(C)cc2)C1c1cccc(O)c1. The second-order valence-electron chi connectivity index (χ2n) is 8.26. The van der Waals surface area contributed by atoms with E-state index in [0.717, 1.165) is 16.7 Å². The topological polar surface area (TPSA) is 87.1 Å². The summed E-state index contributed by atoms with van der Waals surface area (Å²) in [6.07, 6.45) is 0. The molecule has 1 fully saturated rings. The Kier molecular flexibility index (Phi) is 5.68. The molecule has 0 spiro atoms. The fraction of sp³-hybridized carbons (Fsp3) is 0.185. The van der Waals surface area contributed by atoms with Crippen molar-refractivity contribution in [1.82, 2.24) is 0 Å². The Morgan fingerprint density at radius 1 is 0.939 bits per heavy atom. The number of hydrogen-bond donors (Lipinski definition) is 2. The van der Waals surface area contributed by atoms with Crippen molar-refractivity contribution in [3.8, 4) is 11.5 Å². The lowest BCUT2D eigenvalue weighted by atomic mass is 9.93. The molecule has 33 heavy (non-hydrogen) atoms. The highest BCUT2D eigenvalue weighted by Gasteiger charge is 2.47. The average molecular weight is 443 g/mol. The summed E-state index contributed by atoms with van der Waals surface area (Å²) in [6.45, 7) is 5.65. The summed E-state index contributed by atoms with van der Waals surface area (Å²) in [4.78, 5) is 27.9. The van der Waals surface area contributed by atoms with Crippen LogP contribution in [0, 0.1) is 20.8 Å². The molecule has 3 aromatic rings. The van der Waals surface area contributed by atoms with Crippen LogP contribution in [0.1, 0.15) is 33.9 Å². The zero-order valence-corrected chi connectivity index (χ0v) is 18.9. The van der Waals surface area contributed by atoms with Crippen molar-refractivity contribution in [1.29, 1.82) is 0 Å². The summed E-state index contributed by atoms with van der Waals surface area (Å²) < 4.78 is 5.51. The van der Waals surface area contributed by atoms with Crippen molar-refractivity contribution in [2.24, 2.45) is 0 Å². The Morgan fingerprint density at radius 2 is 1.64 bits per heavy atom. The van der Waals surface area contributed by atoms with Crippen molar-refractivity contribution < 1.29 is 24.5 Å². The van der Waals surface area contributed by atoms with Crippen molar-refractivity contribution >= 4 is 23.1 Å². The first kappa shape index (κ1) is 22.1. The van der Waals surface area contributed by atoms with Crippen LogP contribution < -0.4 is 9.64 Å². The van der Waals surface area contributed by atoms with Gasteiger partial charge in [-0.1, -0.05) is 35.9 Å². The number of ketones is 1. The Balaban J connectivity index is 2.01. The molecule has 1 saturated heterocycles. The molecule has 1 aliphatic rings. The minimum absolute atomic E-state index is 0.00836. The fourth-order valence-corrected chi connectivity index (χ4v) is 4.36. The first-order chi connectivity index (χ1) is 15.7. The number of phenols is 1. The van der Waals surface area contributed by atoms with Crippen molar-refractivity contribution in [2.75, 3.05) is 12.0 Å². The Bertz CT molecular complexity index is 1290. The normalized spacial score (nSPS) is 17.5. The molecule has 3 aromatic carbocycles. The molecule has 0 bridgehead atoms. The number of nitrogens with zero attached hydrogens (tertiary/aromatic N) is 1. The number of aliphatic hydroxyl groups is 1. The molecule has 1 unspecified atom stereocenters. The summed E-state index contributed by atoms with van der Waals surface area (Å²) in [5, 5.41) is 21.5. The summed E-state index contributed by atoms with van der Waals surface area (Å²) in [6, 6.07) is 16.3. The quantitative estimate of drug-likeness (QED) is 0.338. The molecule has 4 rings (SSSR count). The standard InChI is InChI=1S/C27H25NO5/c1-15-8-10-19(11-9-15)28-23(18-6-5-7-20(29)14-18)22(25(31)27(28)32)24(30)21-13-16(2)12-17(3)26(21)33-4/h5-14,23,29-30H,1-4H3/b24-22+. The number of amides is 1. The number of rotatable bonds is 4. The van der Waals surface area contributed by atoms with Crippen LogP contribution in [0.4, 0.5) is 5.69 Å². The molecule has 0 saturated carbocycles. The maximum absolute atomic E-state index is 13.3. The van der Waals surface area contributed by atoms with Crippen LogP contribution in [-0.2, 0) is 9.59 Å². The van der Waals surface area contributed by atoms with Crippen LogP contribution in [-0.4, -0.2) is 29.0 Å². The van der Waals surface area contributed by atoms with Crippen LogP contribution in [0.2, 0.25) is 0 Å². The van der Waals surface area contributed by atoms with Gasteiger partial charge in [0, 0.05) is 5.69 Å². The number of carbonyl (C=O) groups excluding carboxylic acids is 2. The number of ether oxygens (including phenoxy) is 1. The molecule has 1 atom stereocenters. The third kappa shape index (κ3) is 3.84. The van der Waals surface area contributed by atoms with E-state index in [0.29, 0.717) is 22.6 Å². The lowest BCUT2D eigenvalue weighted by Gasteiger charge is -2.26. The van der Waals surface area contributed by atoms with Gasteiger partial charge >= 0.3 is 0 Å².